The van der Waals surface area contributed by atoms with E-state index in [2.05, 4.69) is 85.6 Å². The predicted octanol–water partition coefficient (Wildman–Crippen LogP) is 3.19. The van der Waals surface area contributed by atoms with Crippen LogP contribution >= 0.6 is 24.0 Å². The summed E-state index contributed by atoms with van der Waals surface area (Å²) in [6, 6.07) is 11.0. The lowest BCUT2D eigenvalue weighted by Gasteiger charge is -2.29. The Hall–Kier alpha value is -0.860. The van der Waals surface area contributed by atoms with Crippen LogP contribution in [0.2, 0.25) is 0 Å². The van der Waals surface area contributed by atoms with Crippen molar-refractivity contribution in [1.29, 1.82) is 0 Å². The van der Waals surface area contributed by atoms with Crippen LogP contribution in [0.1, 0.15) is 38.8 Å². The van der Waals surface area contributed by atoms with E-state index in [0.717, 1.165) is 51.6 Å². The van der Waals surface area contributed by atoms with Crippen molar-refractivity contribution in [3.8, 4) is 0 Å². The molecule has 0 aliphatic rings. The summed E-state index contributed by atoms with van der Waals surface area (Å²) in [5.41, 5.74) is 1.33. The van der Waals surface area contributed by atoms with E-state index < -0.39 is 0 Å². The third kappa shape index (κ3) is 9.73. The van der Waals surface area contributed by atoms with Crippen molar-refractivity contribution in [3.63, 3.8) is 0 Å². The normalized spacial score (nSPS) is 12.8. The number of hydrogen-bond acceptors (Lipinski definition) is 3. The highest BCUT2D eigenvalue weighted by Gasteiger charge is 2.17. The van der Waals surface area contributed by atoms with Crippen molar-refractivity contribution in [2.75, 3.05) is 53.4 Å². The lowest BCUT2D eigenvalue weighted by Crippen LogP contribution is -2.39. The van der Waals surface area contributed by atoms with Gasteiger partial charge in [0.05, 0.1) is 12.6 Å². The van der Waals surface area contributed by atoms with Gasteiger partial charge in [-0.1, -0.05) is 44.2 Å². The first kappa shape index (κ1) is 25.1. The number of guanidine groups is 1. The maximum absolute atomic E-state index is 4.86. The SMILES string of the molecule is CCNC(=NCC(c1ccccc1)N(CC)CC)NCCCN(C)C.I. The maximum atomic E-state index is 4.86. The number of rotatable bonds is 11. The quantitative estimate of drug-likeness (QED) is 0.223. The zero-order valence-electron chi connectivity index (χ0n) is 17.2. The summed E-state index contributed by atoms with van der Waals surface area (Å²) in [5.74, 6) is 0.911. The fourth-order valence-electron chi connectivity index (χ4n) is 2.89. The third-order valence-corrected chi connectivity index (χ3v) is 4.28. The Morgan fingerprint density at radius 3 is 2.23 bits per heavy atom. The van der Waals surface area contributed by atoms with Crippen LogP contribution in [-0.2, 0) is 0 Å². The molecule has 0 saturated heterocycles. The van der Waals surface area contributed by atoms with E-state index in [-0.39, 0.29) is 24.0 Å². The van der Waals surface area contributed by atoms with Gasteiger partial charge in [-0.05, 0) is 52.6 Å². The Kier molecular flexibility index (Phi) is 14.7. The topological polar surface area (TPSA) is 42.9 Å². The molecule has 0 spiro atoms. The van der Waals surface area contributed by atoms with Crippen molar-refractivity contribution in [2.24, 2.45) is 4.99 Å². The van der Waals surface area contributed by atoms with Crippen LogP contribution in [0.4, 0.5) is 0 Å². The monoisotopic (exact) mass is 475 g/mol. The summed E-state index contributed by atoms with van der Waals surface area (Å²) in [5, 5.41) is 6.81. The van der Waals surface area contributed by atoms with Gasteiger partial charge in [0, 0.05) is 13.1 Å². The standard InChI is InChI=1S/C20H37N5.HI/c1-6-21-20(22-15-12-16-24(4)5)23-17-19(25(7-2)8-3)18-13-10-9-11-14-18;/h9-11,13-14,19H,6-8,12,15-17H2,1-5H3,(H2,21,22,23);1H. The van der Waals surface area contributed by atoms with Crippen LogP contribution in [0, 0.1) is 0 Å². The fourth-order valence-corrected chi connectivity index (χ4v) is 2.89. The molecule has 0 aliphatic carbocycles. The van der Waals surface area contributed by atoms with Crippen LogP contribution in [0.3, 0.4) is 0 Å². The molecule has 0 heterocycles. The Morgan fingerprint density at radius 1 is 1.04 bits per heavy atom. The number of halogens is 1. The molecule has 5 nitrogen and oxygen atoms in total. The van der Waals surface area contributed by atoms with Gasteiger partial charge in [0.2, 0.25) is 0 Å². The molecular weight excluding hydrogens is 437 g/mol. The Bertz CT molecular complexity index is 474. The molecule has 0 bridgehead atoms. The van der Waals surface area contributed by atoms with E-state index in [1.807, 2.05) is 0 Å². The number of likely N-dealkylation sites (N-methyl/N-ethyl adjacent to an activating group) is 1. The molecule has 1 aromatic carbocycles. The van der Waals surface area contributed by atoms with Crippen LogP contribution in [0.15, 0.2) is 35.3 Å². The van der Waals surface area contributed by atoms with Crippen LogP contribution in [0.25, 0.3) is 0 Å². The van der Waals surface area contributed by atoms with E-state index in [1.54, 1.807) is 0 Å². The van der Waals surface area contributed by atoms with Crippen LogP contribution in [-0.4, -0.2) is 69.1 Å². The summed E-state index contributed by atoms with van der Waals surface area (Å²) >= 11 is 0. The molecule has 6 heteroatoms. The Morgan fingerprint density at radius 2 is 1.69 bits per heavy atom. The number of nitrogens with zero attached hydrogens (tertiary/aromatic N) is 3. The minimum atomic E-state index is 0. The van der Waals surface area contributed by atoms with E-state index in [9.17, 15) is 0 Å². The molecule has 26 heavy (non-hydrogen) atoms. The van der Waals surface area contributed by atoms with Gasteiger partial charge in [-0.25, -0.2) is 0 Å². The second-order valence-corrected chi connectivity index (χ2v) is 6.45. The highest BCUT2D eigenvalue weighted by molar-refractivity contribution is 14.0. The van der Waals surface area contributed by atoms with Gasteiger partial charge < -0.3 is 15.5 Å². The second kappa shape index (κ2) is 15.2. The predicted molar refractivity (Wildman–Crippen MR) is 125 cm³/mol. The lowest BCUT2D eigenvalue weighted by atomic mass is 10.1. The van der Waals surface area contributed by atoms with Crippen LogP contribution in [0.5, 0.6) is 0 Å². The molecule has 0 amide bonds. The summed E-state index contributed by atoms with van der Waals surface area (Å²) in [6.45, 7) is 12.2. The minimum absolute atomic E-state index is 0. The molecule has 0 saturated carbocycles. The van der Waals surface area contributed by atoms with E-state index in [0.29, 0.717) is 6.04 Å². The molecule has 0 aliphatic heterocycles. The average Bonchev–Trinajstić information content (AvgIpc) is 2.62. The number of nitrogens with one attached hydrogen (secondary N) is 2. The summed E-state index contributed by atoms with van der Waals surface area (Å²) in [7, 11) is 4.21. The first-order valence-corrected chi connectivity index (χ1v) is 9.58. The highest BCUT2D eigenvalue weighted by atomic mass is 127. The Balaban J connectivity index is 0.00000625. The van der Waals surface area contributed by atoms with Gasteiger partial charge in [-0.15, -0.1) is 24.0 Å². The van der Waals surface area contributed by atoms with Crippen molar-refractivity contribution in [1.82, 2.24) is 20.4 Å². The van der Waals surface area contributed by atoms with Gasteiger partial charge >= 0.3 is 0 Å². The van der Waals surface area contributed by atoms with Crippen molar-refractivity contribution in [3.05, 3.63) is 35.9 Å². The van der Waals surface area contributed by atoms with Crippen molar-refractivity contribution in [2.45, 2.75) is 33.2 Å². The van der Waals surface area contributed by atoms with Gasteiger partial charge in [0.25, 0.3) is 0 Å². The number of hydrogen-bond donors (Lipinski definition) is 2. The van der Waals surface area contributed by atoms with E-state index in [1.165, 1.54) is 5.56 Å². The van der Waals surface area contributed by atoms with Gasteiger partial charge in [0.15, 0.2) is 5.96 Å². The van der Waals surface area contributed by atoms with Crippen molar-refractivity contribution < 1.29 is 0 Å². The van der Waals surface area contributed by atoms with Crippen LogP contribution < -0.4 is 10.6 Å². The molecule has 0 radical (unpaired) electrons. The third-order valence-electron chi connectivity index (χ3n) is 4.28. The molecule has 1 unspecified atom stereocenters. The zero-order valence-corrected chi connectivity index (χ0v) is 19.5. The van der Waals surface area contributed by atoms with E-state index in [4.69, 9.17) is 4.99 Å². The summed E-state index contributed by atoms with van der Waals surface area (Å²) in [6.07, 6.45) is 1.11. The van der Waals surface area contributed by atoms with Gasteiger partial charge in [-0.3, -0.25) is 9.89 Å². The average molecular weight is 475 g/mol. The molecule has 1 aromatic rings. The fraction of sp³-hybridized carbons (Fsp3) is 0.650. The minimum Gasteiger partial charge on any atom is -0.357 e. The maximum Gasteiger partial charge on any atom is 0.191 e. The molecule has 2 N–H and O–H groups in total. The Labute approximate surface area is 177 Å². The summed E-state index contributed by atoms with van der Waals surface area (Å²) < 4.78 is 0. The molecule has 1 atom stereocenters. The van der Waals surface area contributed by atoms with Crippen molar-refractivity contribution >= 4 is 29.9 Å². The number of aliphatic imine (C=N–C) groups is 1. The largest absolute Gasteiger partial charge is 0.357 e. The van der Waals surface area contributed by atoms with Gasteiger partial charge in [0.1, 0.15) is 0 Å². The molecule has 1 rings (SSSR count). The van der Waals surface area contributed by atoms with E-state index >= 15 is 0 Å². The first-order chi connectivity index (χ1) is 12.1. The molecule has 0 aromatic heterocycles. The smallest absolute Gasteiger partial charge is 0.191 e. The van der Waals surface area contributed by atoms with Gasteiger partial charge in [-0.2, -0.15) is 0 Å². The lowest BCUT2D eigenvalue weighted by molar-refractivity contribution is 0.224. The molecule has 150 valence electrons. The molecular formula is C20H38IN5. The summed E-state index contributed by atoms with van der Waals surface area (Å²) in [4.78, 5) is 9.54. The second-order valence-electron chi connectivity index (χ2n) is 6.45. The molecule has 0 fully saturated rings. The number of benzene rings is 1. The highest BCUT2D eigenvalue weighted by Crippen LogP contribution is 2.20. The first-order valence-electron chi connectivity index (χ1n) is 9.58. The zero-order chi connectivity index (χ0) is 18.5.